The molecular formula is C20H26N2O2. The predicted molar refractivity (Wildman–Crippen MR) is 98.3 cm³/mol. The fourth-order valence-electron chi connectivity index (χ4n) is 2.88. The molecule has 1 heterocycles. The van der Waals surface area contributed by atoms with Gasteiger partial charge in [0.1, 0.15) is 0 Å². The minimum atomic E-state index is -0.206. The van der Waals surface area contributed by atoms with Crippen molar-refractivity contribution >= 4 is 11.6 Å². The first-order chi connectivity index (χ1) is 11.6. The molecule has 0 fully saturated rings. The summed E-state index contributed by atoms with van der Waals surface area (Å²) in [5.41, 5.74) is 1.64. The largest absolute Gasteiger partial charge is 0.324 e. The summed E-state index contributed by atoms with van der Waals surface area (Å²) in [5.74, 6) is -0.00560. The second-order valence-electron chi connectivity index (χ2n) is 6.21. The van der Waals surface area contributed by atoms with Gasteiger partial charge in [0.25, 0.3) is 5.56 Å². The van der Waals surface area contributed by atoms with Crippen molar-refractivity contribution in [1.29, 1.82) is 0 Å². The Labute approximate surface area is 143 Å². The number of pyridine rings is 1. The number of aryl methyl sites for hydroxylation is 1. The van der Waals surface area contributed by atoms with Crippen LogP contribution in [-0.2, 0) is 11.3 Å². The van der Waals surface area contributed by atoms with Gasteiger partial charge in [0.15, 0.2) is 0 Å². The van der Waals surface area contributed by atoms with Crippen LogP contribution in [0.2, 0.25) is 0 Å². The van der Waals surface area contributed by atoms with Crippen LogP contribution in [0, 0.1) is 5.92 Å². The molecule has 0 spiro atoms. The number of amides is 1. The maximum absolute atomic E-state index is 12.9. The Morgan fingerprint density at radius 3 is 2.46 bits per heavy atom. The molecule has 2 aromatic rings. The molecule has 1 N–H and O–H groups in total. The Hall–Kier alpha value is -2.36. The Morgan fingerprint density at radius 1 is 1.12 bits per heavy atom. The Balaban J connectivity index is 2.25. The number of nitrogens with zero attached hydrogens (tertiary/aromatic N) is 1. The predicted octanol–water partition coefficient (Wildman–Crippen LogP) is 4.03. The third-order valence-electron chi connectivity index (χ3n) is 4.37. The second kappa shape index (κ2) is 8.48. The molecule has 2 rings (SSSR count). The highest BCUT2D eigenvalue weighted by atomic mass is 16.2. The molecule has 4 heteroatoms. The van der Waals surface area contributed by atoms with Crippen LogP contribution in [0.5, 0.6) is 0 Å². The number of benzene rings is 1. The van der Waals surface area contributed by atoms with Gasteiger partial charge in [-0.25, -0.2) is 0 Å². The van der Waals surface area contributed by atoms with Gasteiger partial charge in [0.2, 0.25) is 5.91 Å². The molecule has 0 bridgehead atoms. The van der Waals surface area contributed by atoms with E-state index in [1.54, 1.807) is 16.8 Å². The molecule has 0 radical (unpaired) electrons. The lowest BCUT2D eigenvalue weighted by Crippen LogP contribution is -2.27. The first kappa shape index (κ1) is 18.0. The van der Waals surface area contributed by atoms with Crippen LogP contribution in [0.4, 0.5) is 5.69 Å². The molecule has 1 aromatic heterocycles. The van der Waals surface area contributed by atoms with E-state index in [-0.39, 0.29) is 23.3 Å². The number of rotatable bonds is 7. The van der Waals surface area contributed by atoms with Crippen LogP contribution >= 0.6 is 0 Å². The van der Waals surface area contributed by atoms with Crippen LogP contribution < -0.4 is 10.9 Å². The van der Waals surface area contributed by atoms with Gasteiger partial charge in [-0.05, 0) is 24.0 Å². The SMILES string of the molecule is CCCn1cc(NC(=O)C(c2ccccc2)C(C)CC)ccc1=O. The molecule has 0 aliphatic heterocycles. The van der Waals surface area contributed by atoms with Crippen molar-refractivity contribution in [1.82, 2.24) is 4.57 Å². The zero-order valence-corrected chi connectivity index (χ0v) is 14.7. The van der Waals surface area contributed by atoms with Crippen molar-refractivity contribution in [3.63, 3.8) is 0 Å². The van der Waals surface area contributed by atoms with Gasteiger partial charge in [-0.3, -0.25) is 9.59 Å². The van der Waals surface area contributed by atoms with E-state index in [9.17, 15) is 9.59 Å². The average Bonchev–Trinajstić information content (AvgIpc) is 2.59. The minimum absolute atomic E-state index is 0.0303. The molecule has 0 aliphatic rings. The van der Waals surface area contributed by atoms with Gasteiger partial charge in [-0.15, -0.1) is 0 Å². The van der Waals surface area contributed by atoms with E-state index in [0.717, 1.165) is 18.4 Å². The zero-order valence-electron chi connectivity index (χ0n) is 14.7. The topological polar surface area (TPSA) is 51.1 Å². The lowest BCUT2D eigenvalue weighted by molar-refractivity contribution is -0.118. The van der Waals surface area contributed by atoms with Gasteiger partial charge in [0, 0.05) is 18.8 Å². The minimum Gasteiger partial charge on any atom is -0.324 e. The monoisotopic (exact) mass is 326 g/mol. The number of aromatic nitrogens is 1. The Bertz CT molecular complexity index is 722. The first-order valence-electron chi connectivity index (χ1n) is 8.63. The molecule has 4 nitrogen and oxygen atoms in total. The van der Waals surface area contributed by atoms with Crippen LogP contribution in [0.1, 0.15) is 45.1 Å². The maximum atomic E-state index is 12.9. The van der Waals surface area contributed by atoms with Crippen LogP contribution in [-0.4, -0.2) is 10.5 Å². The van der Waals surface area contributed by atoms with Crippen LogP contribution in [0.3, 0.4) is 0 Å². The van der Waals surface area contributed by atoms with E-state index in [2.05, 4.69) is 19.2 Å². The summed E-state index contributed by atoms with van der Waals surface area (Å²) in [4.78, 5) is 24.7. The van der Waals surface area contributed by atoms with Crippen molar-refractivity contribution in [2.45, 2.75) is 46.1 Å². The summed E-state index contributed by atoms with van der Waals surface area (Å²) in [7, 11) is 0. The molecule has 1 aromatic carbocycles. The molecule has 1 amide bonds. The lowest BCUT2D eigenvalue weighted by atomic mass is 9.85. The van der Waals surface area contributed by atoms with E-state index in [1.165, 1.54) is 6.07 Å². The highest BCUT2D eigenvalue weighted by molar-refractivity contribution is 5.95. The number of hydrogen-bond acceptors (Lipinski definition) is 2. The van der Waals surface area contributed by atoms with E-state index >= 15 is 0 Å². The number of hydrogen-bond donors (Lipinski definition) is 1. The zero-order chi connectivity index (χ0) is 17.5. The number of carbonyl (C=O) groups excluding carboxylic acids is 1. The molecule has 2 unspecified atom stereocenters. The van der Waals surface area contributed by atoms with Crippen molar-refractivity contribution < 1.29 is 4.79 Å². The second-order valence-corrected chi connectivity index (χ2v) is 6.21. The van der Waals surface area contributed by atoms with E-state index in [0.29, 0.717) is 12.2 Å². The number of carbonyl (C=O) groups is 1. The molecule has 0 saturated carbocycles. The van der Waals surface area contributed by atoms with Gasteiger partial charge in [-0.2, -0.15) is 0 Å². The average molecular weight is 326 g/mol. The highest BCUT2D eigenvalue weighted by Gasteiger charge is 2.25. The highest BCUT2D eigenvalue weighted by Crippen LogP contribution is 2.28. The van der Waals surface area contributed by atoms with Gasteiger partial charge < -0.3 is 9.88 Å². The standard InChI is InChI=1S/C20H26N2O2/c1-4-13-22-14-17(11-12-18(22)23)21-20(24)19(15(3)5-2)16-9-7-6-8-10-16/h6-12,14-15,19H,4-5,13H2,1-3H3,(H,21,24). The fraction of sp³-hybridized carbons (Fsp3) is 0.400. The van der Waals surface area contributed by atoms with Crippen molar-refractivity contribution in [3.8, 4) is 0 Å². The van der Waals surface area contributed by atoms with E-state index < -0.39 is 0 Å². The Kier molecular flexibility index (Phi) is 6.36. The summed E-state index contributed by atoms with van der Waals surface area (Å²) in [5, 5.41) is 2.98. The van der Waals surface area contributed by atoms with Crippen molar-refractivity contribution in [3.05, 3.63) is 64.6 Å². The summed E-state index contributed by atoms with van der Waals surface area (Å²) < 4.78 is 1.64. The Morgan fingerprint density at radius 2 is 1.83 bits per heavy atom. The van der Waals surface area contributed by atoms with Gasteiger partial charge >= 0.3 is 0 Å². The molecule has 0 aliphatic carbocycles. The van der Waals surface area contributed by atoms with E-state index in [1.807, 2.05) is 37.3 Å². The van der Waals surface area contributed by atoms with Crippen LogP contribution in [0.15, 0.2) is 53.5 Å². The van der Waals surface area contributed by atoms with Crippen molar-refractivity contribution in [2.75, 3.05) is 5.32 Å². The molecule has 128 valence electrons. The van der Waals surface area contributed by atoms with Gasteiger partial charge in [-0.1, -0.05) is 57.5 Å². The summed E-state index contributed by atoms with van der Waals surface area (Å²) in [6.07, 6.45) is 3.52. The number of nitrogens with one attached hydrogen (secondary N) is 1. The van der Waals surface area contributed by atoms with Gasteiger partial charge in [0.05, 0.1) is 11.6 Å². The first-order valence-corrected chi connectivity index (χ1v) is 8.63. The third kappa shape index (κ3) is 4.34. The normalized spacial score (nSPS) is 13.3. The van der Waals surface area contributed by atoms with Crippen molar-refractivity contribution in [2.24, 2.45) is 5.92 Å². The maximum Gasteiger partial charge on any atom is 0.250 e. The fourth-order valence-corrected chi connectivity index (χ4v) is 2.88. The quantitative estimate of drug-likeness (QED) is 0.835. The molecular weight excluding hydrogens is 300 g/mol. The smallest absolute Gasteiger partial charge is 0.250 e. The third-order valence-corrected chi connectivity index (χ3v) is 4.37. The lowest BCUT2D eigenvalue weighted by Gasteiger charge is -2.23. The molecule has 0 saturated heterocycles. The molecule has 24 heavy (non-hydrogen) atoms. The summed E-state index contributed by atoms with van der Waals surface area (Å²) in [6, 6.07) is 13.0. The van der Waals surface area contributed by atoms with E-state index in [4.69, 9.17) is 0 Å². The summed E-state index contributed by atoms with van der Waals surface area (Å²) >= 11 is 0. The summed E-state index contributed by atoms with van der Waals surface area (Å²) in [6.45, 7) is 6.85. The molecule has 2 atom stereocenters. The number of anilines is 1. The van der Waals surface area contributed by atoms with Crippen LogP contribution in [0.25, 0.3) is 0 Å².